The fraction of sp³-hybridized carbons (Fsp3) is 0.286. The van der Waals surface area contributed by atoms with Gasteiger partial charge in [-0.2, -0.15) is 4.31 Å². The number of sulfonamides is 1. The highest BCUT2D eigenvalue weighted by molar-refractivity contribution is 7.89. The minimum Gasteiger partial charge on any atom is -0.495 e. The van der Waals surface area contributed by atoms with E-state index in [9.17, 15) is 13.2 Å². The van der Waals surface area contributed by atoms with E-state index >= 15 is 0 Å². The van der Waals surface area contributed by atoms with Crippen molar-refractivity contribution in [1.29, 1.82) is 0 Å². The van der Waals surface area contributed by atoms with Crippen LogP contribution in [0.2, 0.25) is 0 Å². The quantitative estimate of drug-likeness (QED) is 0.645. The number of ether oxygens (including phenoxy) is 3. The molecule has 0 saturated carbocycles. The van der Waals surface area contributed by atoms with Crippen LogP contribution in [0.25, 0.3) is 0 Å². The van der Waals surface area contributed by atoms with Crippen LogP contribution in [0.5, 0.6) is 11.5 Å². The maximum Gasteiger partial charge on any atom is 0.259 e. The molecular weight excluding hydrogens is 408 g/mol. The number of rotatable bonds is 8. The molecule has 3 rings (SSSR count). The lowest BCUT2D eigenvalue weighted by molar-refractivity contribution is 0.0729. The lowest BCUT2D eigenvalue weighted by Gasteiger charge is -2.26. The number of nitrogens with one attached hydrogen (secondary N) is 1. The molecule has 0 atom stereocenters. The summed E-state index contributed by atoms with van der Waals surface area (Å²) >= 11 is 0. The molecule has 0 bridgehead atoms. The summed E-state index contributed by atoms with van der Waals surface area (Å²) in [5.74, 6) is 0.188. The van der Waals surface area contributed by atoms with Crippen molar-refractivity contribution in [3.63, 3.8) is 0 Å². The number of carbonyl (C=O) groups excluding carboxylic acids is 1. The largest absolute Gasteiger partial charge is 0.495 e. The van der Waals surface area contributed by atoms with Crippen LogP contribution in [-0.2, 0) is 14.8 Å². The molecule has 0 radical (unpaired) electrons. The molecule has 1 saturated heterocycles. The van der Waals surface area contributed by atoms with E-state index in [1.54, 1.807) is 36.4 Å². The lowest BCUT2D eigenvalue weighted by Crippen LogP contribution is -2.40. The van der Waals surface area contributed by atoms with Gasteiger partial charge in [0.1, 0.15) is 23.0 Å². The number of carbonyl (C=O) groups is 1. The van der Waals surface area contributed by atoms with Gasteiger partial charge in [0.05, 0.1) is 25.9 Å². The normalized spacial score (nSPS) is 14.7. The Balaban J connectivity index is 1.88. The van der Waals surface area contributed by atoms with Crippen molar-refractivity contribution in [3.8, 4) is 11.5 Å². The topological polar surface area (TPSA) is 94.2 Å². The van der Waals surface area contributed by atoms with Crippen LogP contribution in [0, 0.1) is 0 Å². The van der Waals surface area contributed by atoms with E-state index in [4.69, 9.17) is 14.2 Å². The van der Waals surface area contributed by atoms with Gasteiger partial charge in [0.15, 0.2) is 0 Å². The Morgan fingerprint density at radius 1 is 1.20 bits per heavy atom. The SMILES string of the molecule is C=CCOc1ccccc1C(=O)Nc1ccc(OC)c(S(=O)(=O)N2CCOCC2)c1. The zero-order chi connectivity index (χ0) is 21.6. The minimum absolute atomic E-state index is 0.0131. The standard InChI is InChI=1S/C21H24N2O6S/c1-3-12-29-18-7-5-4-6-17(18)21(24)22-16-8-9-19(27-2)20(15-16)30(25,26)23-10-13-28-14-11-23/h3-9,15H,1,10-14H2,2H3,(H,22,24). The first-order chi connectivity index (χ1) is 14.5. The molecule has 1 heterocycles. The molecule has 1 aliphatic rings. The summed E-state index contributed by atoms with van der Waals surface area (Å²) in [5, 5.41) is 2.73. The van der Waals surface area contributed by atoms with E-state index in [1.165, 1.54) is 23.5 Å². The van der Waals surface area contributed by atoms with Crippen molar-refractivity contribution in [2.45, 2.75) is 4.90 Å². The first-order valence-electron chi connectivity index (χ1n) is 9.37. The Kier molecular flexibility index (Phi) is 7.09. The number of anilines is 1. The summed E-state index contributed by atoms with van der Waals surface area (Å²) in [6.45, 7) is 5.04. The predicted octanol–water partition coefficient (Wildman–Crippen LogP) is 2.53. The van der Waals surface area contributed by atoms with Crippen LogP contribution < -0.4 is 14.8 Å². The third kappa shape index (κ3) is 4.81. The lowest BCUT2D eigenvalue weighted by atomic mass is 10.2. The molecule has 9 heteroatoms. The van der Waals surface area contributed by atoms with Gasteiger partial charge < -0.3 is 19.5 Å². The van der Waals surface area contributed by atoms with Crippen LogP contribution in [0.4, 0.5) is 5.69 Å². The highest BCUT2D eigenvalue weighted by Gasteiger charge is 2.29. The van der Waals surface area contributed by atoms with Crippen LogP contribution in [0.15, 0.2) is 60.0 Å². The minimum atomic E-state index is -3.81. The molecule has 0 aromatic heterocycles. The van der Waals surface area contributed by atoms with E-state index in [0.29, 0.717) is 30.2 Å². The van der Waals surface area contributed by atoms with Gasteiger partial charge in [0.2, 0.25) is 10.0 Å². The van der Waals surface area contributed by atoms with Gasteiger partial charge >= 0.3 is 0 Å². The smallest absolute Gasteiger partial charge is 0.259 e. The first-order valence-corrected chi connectivity index (χ1v) is 10.8. The number of morpholine rings is 1. The van der Waals surface area contributed by atoms with E-state index in [2.05, 4.69) is 11.9 Å². The Labute approximate surface area is 176 Å². The zero-order valence-electron chi connectivity index (χ0n) is 16.7. The van der Waals surface area contributed by atoms with Crippen molar-refractivity contribution in [1.82, 2.24) is 4.31 Å². The number of methoxy groups -OCH3 is 1. The summed E-state index contributed by atoms with van der Waals surface area (Å²) in [5.41, 5.74) is 0.652. The molecule has 0 spiro atoms. The highest BCUT2D eigenvalue weighted by Crippen LogP contribution is 2.30. The van der Waals surface area contributed by atoms with Gasteiger partial charge in [0.25, 0.3) is 5.91 Å². The molecule has 2 aromatic rings. The van der Waals surface area contributed by atoms with Crippen LogP contribution in [-0.4, -0.2) is 58.7 Å². The second-order valence-electron chi connectivity index (χ2n) is 6.43. The molecule has 30 heavy (non-hydrogen) atoms. The Hall–Kier alpha value is -2.88. The van der Waals surface area contributed by atoms with Gasteiger partial charge in [-0.3, -0.25) is 4.79 Å². The summed E-state index contributed by atoms with van der Waals surface area (Å²) in [6, 6.07) is 11.3. The van der Waals surface area contributed by atoms with E-state index < -0.39 is 15.9 Å². The molecule has 2 aromatic carbocycles. The molecule has 160 valence electrons. The van der Waals surface area contributed by atoms with E-state index in [1.807, 2.05) is 0 Å². The monoisotopic (exact) mass is 432 g/mol. The molecule has 1 fully saturated rings. The first kappa shape index (κ1) is 21.8. The zero-order valence-corrected chi connectivity index (χ0v) is 17.5. The maximum absolute atomic E-state index is 13.1. The average molecular weight is 432 g/mol. The van der Waals surface area contributed by atoms with Crippen LogP contribution in [0.1, 0.15) is 10.4 Å². The number of amides is 1. The van der Waals surface area contributed by atoms with Crippen LogP contribution in [0.3, 0.4) is 0 Å². The van der Waals surface area contributed by atoms with Crippen molar-refractivity contribution in [3.05, 3.63) is 60.7 Å². The molecule has 1 aliphatic heterocycles. The fourth-order valence-electron chi connectivity index (χ4n) is 3.01. The number of hydrogen-bond donors (Lipinski definition) is 1. The Morgan fingerprint density at radius 2 is 1.93 bits per heavy atom. The number of hydrogen-bond acceptors (Lipinski definition) is 6. The van der Waals surface area contributed by atoms with E-state index in [0.717, 1.165) is 0 Å². The van der Waals surface area contributed by atoms with Gasteiger partial charge in [-0.1, -0.05) is 24.8 Å². The molecular formula is C21H24N2O6S. The Morgan fingerprint density at radius 3 is 2.63 bits per heavy atom. The van der Waals surface area contributed by atoms with E-state index in [-0.39, 0.29) is 30.3 Å². The van der Waals surface area contributed by atoms with Crippen molar-refractivity contribution in [2.24, 2.45) is 0 Å². The summed E-state index contributed by atoms with van der Waals surface area (Å²) < 4.78 is 43.6. The second-order valence-corrected chi connectivity index (χ2v) is 8.34. The molecule has 0 unspecified atom stereocenters. The Bertz CT molecular complexity index is 1020. The number of nitrogens with zero attached hydrogens (tertiary/aromatic N) is 1. The van der Waals surface area contributed by atoms with Crippen molar-refractivity contribution >= 4 is 21.6 Å². The van der Waals surface area contributed by atoms with Crippen molar-refractivity contribution in [2.75, 3.05) is 45.3 Å². The number of para-hydroxylation sites is 1. The molecule has 1 amide bonds. The molecule has 8 nitrogen and oxygen atoms in total. The summed E-state index contributed by atoms with van der Waals surface area (Å²) in [4.78, 5) is 12.8. The third-order valence-corrected chi connectivity index (χ3v) is 6.42. The summed E-state index contributed by atoms with van der Waals surface area (Å²) in [6.07, 6.45) is 1.58. The summed E-state index contributed by atoms with van der Waals surface area (Å²) in [7, 11) is -2.40. The third-order valence-electron chi connectivity index (χ3n) is 4.50. The highest BCUT2D eigenvalue weighted by atomic mass is 32.2. The number of benzene rings is 2. The average Bonchev–Trinajstić information content (AvgIpc) is 2.78. The molecule has 0 aliphatic carbocycles. The van der Waals surface area contributed by atoms with Gasteiger partial charge in [-0.25, -0.2) is 8.42 Å². The van der Waals surface area contributed by atoms with Gasteiger partial charge in [-0.15, -0.1) is 0 Å². The van der Waals surface area contributed by atoms with Crippen molar-refractivity contribution < 1.29 is 27.4 Å². The van der Waals surface area contributed by atoms with Gasteiger partial charge in [0, 0.05) is 18.8 Å². The van der Waals surface area contributed by atoms with Crippen LogP contribution >= 0.6 is 0 Å². The predicted molar refractivity (Wildman–Crippen MR) is 113 cm³/mol. The second kappa shape index (κ2) is 9.75. The van der Waals surface area contributed by atoms with Gasteiger partial charge in [-0.05, 0) is 30.3 Å². The molecule has 1 N–H and O–H groups in total. The maximum atomic E-state index is 13.1. The fourth-order valence-corrected chi connectivity index (χ4v) is 4.60.